The van der Waals surface area contributed by atoms with Gasteiger partial charge in [-0.1, -0.05) is 49.7 Å². The Bertz CT molecular complexity index is 774. The minimum atomic E-state index is -0.300. The molecule has 0 spiro atoms. The van der Waals surface area contributed by atoms with Crippen molar-refractivity contribution in [1.82, 2.24) is 0 Å². The molecule has 1 aliphatic heterocycles. The Hall–Kier alpha value is -2.68. The Labute approximate surface area is 136 Å². The monoisotopic (exact) mass is 306 g/mol. The fourth-order valence-electron chi connectivity index (χ4n) is 2.89. The molecule has 2 aromatic carbocycles. The van der Waals surface area contributed by atoms with Crippen molar-refractivity contribution in [2.45, 2.75) is 19.8 Å². The van der Waals surface area contributed by atoms with Gasteiger partial charge in [-0.25, -0.2) is 0 Å². The highest BCUT2D eigenvalue weighted by atomic mass is 16.3. The van der Waals surface area contributed by atoms with Crippen LogP contribution in [0.15, 0.2) is 66.4 Å². The number of carbonyl (C=O) groups is 1. The summed E-state index contributed by atoms with van der Waals surface area (Å²) in [5.41, 5.74) is 2.88. The fraction of sp³-hybridized carbons (Fsp3) is 0.200. The highest BCUT2D eigenvalue weighted by Crippen LogP contribution is 2.27. The number of allylic oxidation sites excluding steroid dienone is 1. The molecule has 2 aromatic rings. The Kier molecular flexibility index (Phi) is 4.38. The molecule has 0 saturated carbocycles. The molecule has 0 amide bonds. The molecular weight excluding hydrogens is 286 g/mol. The van der Waals surface area contributed by atoms with Crippen LogP contribution in [0.3, 0.4) is 0 Å². The summed E-state index contributed by atoms with van der Waals surface area (Å²) in [6, 6.07) is 19.2. The van der Waals surface area contributed by atoms with Gasteiger partial charge in [0.25, 0.3) is 17.2 Å². The Morgan fingerprint density at radius 2 is 1.48 bits per heavy atom. The van der Waals surface area contributed by atoms with Gasteiger partial charge in [0.2, 0.25) is 5.76 Å². The molecule has 0 aromatic heterocycles. The third kappa shape index (κ3) is 2.82. The Morgan fingerprint density at radius 1 is 0.913 bits per heavy atom. The van der Waals surface area contributed by atoms with E-state index in [0.29, 0.717) is 18.0 Å². The van der Waals surface area contributed by atoms with Crippen LogP contribution in [0.4, 0.5) is 0 Å². The Balaban J connectivity index is 2.17. The smallest absolute Gasteiger partial charge is 0.298 e. The highest BCUT2D eigenvalue weighted by Gasteiger charge is 2.42. The summed E-state index contributed by atoms with van der Waals surface area (Å²) in [5.74, 6) is -0.461. The van der Waals surface area contributed by atoms with Crippen LogP contribution in [0.5, 0.6) is 0 Å². The molecule has 116 valence electrons. The number of unbranched alkanes of at least 4 members (excludes halogenated alkanes) is 1. The van der Waals surface area contributed by atoms with Crippen molar-refractivity contribution in [1.29, 1.82) is 0 Å². The molecule has 0 unspecified atom stereocenters. The molecule has 0 fully saturated rings. The van der Waals surface area contributed by atoms with Gasteiger partial charge in [0, 0.05) is 6.42 Å². The van der Waals surface area contributed by atoms with E-state index in [9.17, 15) is 9.90 Å². The first-order chi connectivity index (χ1) is 11.2. The van der Waals surface area contributed by atoms with Crippen molar-refractivity contribution in [2.24, 2.45) is 0 Å². The first-order valence-corrected chi connectivity index (χ1v) is 7.97. The van der Waals surface area contributed by atoms with Crippen molar-refractivity contribution in [3.05, 3.63) is 77.5 Å². The number of carbonyl (C=O) groups excluding carboxylic acids is 1. The molecule has 23 heavy (non-hydrogen) atoms. The highest BCUT2D eigenvalue weighted by molar-refractivity contribution is 6.51. The van der Waals surface area contributed by atoms with Gasteiger partial charge >= 0.3 is 0 Å². The molecule has 0 aliphatic carbocycles. The number of Topliss-reactive ketones (excluding diaryl/α,β-unsaturated/α-hetero) is 1. The number of benzene rings is 2. The van der Waals surface area contributed by atoms with E-state index in [1.807, 2.05) is 65.2 Å². The summed E-state index contributed by atoms with van der Waals surface area (Å²) in [6.45, 7) is 2.83. The molecule has 0 radical (unpaired) electrons. The molecule has 1 heterocycles. The lowest BCUT2D eigenvalue weighted by molar-refractivity contribution is -0.429. The predicted molar refractivity (Wildman–Crippen MR) is 91.6 cm³/mol. The lowest BCUT2D eigenvalue weighted by atomic mass is 10.1. The van der Waals surface area contributed by atoms with Crippen molar-refractivity contribution < 1.29 is 14.5 Å². The van der Waals surface area contributed by atoms with Gasteiger partial charge in [-0.3, -0.25) is 4.79 Å². The van der Waals surface area contributed by atoms with E-state index in [1.165, 1.54) is 0 Å². The fourth-order valence-corrected chi connectivity index (χ4v) is 2.89. The summed E-state index contributed by atoms with van der Waals surface area (Å²) in [6.07, 6.45) is 1.98. The normalized spacial score (nSPS) is 14.7. The topological polar surface area (TPSA) is 40.3 Å². The van der Waals surface area contributed by atoms with Crippen molar-refractivity contribution in [2.75, 3.05) is 6.54 Å². The second kappa shape index (κ2) is 6.61. The molecule has 3 nitrogen and oxygen atoms in total. The molecule has 0 bridgehead atoms. The molecule has 0 saturated heterocycles. The number of hydrogen-bond donors (Lipinski definition) is 1. The van der Waals surface area contributed by atoms with E-state index in [4.69, 9.17) is 0 Å². The molecule has 3 rings (SSSR count). The lowest BCUT2D eigenvalue weighted by Gasteiger charge is -2.05. The van der Waals surface area contributed by atoms with Crippen LogP contribution in [0, 0.1) is 0 Å². The maximum absolute atomic E-state index is 12.7. The number of ketones is 1. The molecule has 1 N–H and O–H groups in total. The maximum atomic E-state index is 12.7. The van der Waals surface area contributed by atoms with Gasteiger partial charge < -0.3 is 5.11 Å². The number of aliphatic hydroxyl groups excluding tert-OH is 1. The van der Waals surface area contributed by atoms with Crippen molar-refractivity contribution in [3.8, 4) is 0 Å². The van der Waals surface area contributed by atoms with E-state index < -0.39 is 0 Å². The minimum Gasteiger partial charge on any atom is -0.499 e. The quantitative estimate of drug-likeness (QED) is 0.854. The van der Waals surface area contributed by atoms with Crippen LogP contribution in [0.2, 0.25) is 0 Å². The zero-order valence-corrected chi connectivity index (χ0v) is 13.2. The summed E-state index contributed by atoms with van der Waals surface area (Å²) < 4.78 is 1.96. The van der Waals surface area contributed by atoms with Gasteiger partial charge in [0.1, 0.15) is 6.54 Å². The first-order valence-electron chi connectivity index (χ1n) is 7.97. The van der Waals surface area contributed by atoms with Crippen LogP contribution in [-0.4, -0.2) is 27.7 Å². The summed E-state index contributed by atoms with van der Waals surface area (Å²) in [7, 11) is 0. The van der Waals surface area contributed by atoms with Crippen LogP contribution in [0.1, 0.15) is 30.9 Å². The standard InChI is InChI=1S/C20H19NO2/c1-2-3-14-21-17(15-10-6-4-7-11-15)19(22)20(23)18(21)16-12-8-5-9-13-16/h4-13H,2-3,14H2,1H3/p+1. The average molecular weight is 306 g/mol. The van der Waals surface area contributed by atoms with Crippen LogP contribution in [-0.2, 0) is 4.79 Å². The average Bonchev–Trinajstić information content (AvgIpc) is 2.85. The van der Waals surface area contributed by atoms with E-state index in [-0.39, 0.29) is 11.5 Å². The second-order valence-corrected chi connectivity index (χ2v) is 5.61. The number of rotatable bonds is 5. The predicted octanol–water partition coefficient (Wildman–Crippen LogP) is 3.80. The molecular formula is C20H20NO2+. The number of nitrogens with zero attached hydrogens (tertiary/aromatic N) is 1. The van der Waals surface area contributed by atoms with Gasteiger partial charge in [0.15, 0.2) is 0 Å². The van der Waals surface area contributed by atoms with Crippen molar-refractivity contribution in [3.63, 3.8) is 0 Å². The minimum absolute atomic E-state index is 0.161. The lowest BCUT2D eigenvalue weighted by Crippen LogP contribution is -2.23. The zero-order chi connectivity index (χ0) is 16.2. The number of aliphatic hydroxyl groups is 1. The SMILES string of the molecule is CCCC[N+]1=C(c2ccccc2)C(=O)C(O)=C1c1ccccc1. The van der Waals surface area contributed by atoms with E-state index >= 15 is 0 Å². The largest absolute Gasteiger partial charge is 0.499 e. The van der Waals surface area contributed by atoms with Gasteiger partial charge in [-0.05, 0) is 24.3 Å². The maximum Gasteiger partial charge on any atom is 0.298 e. The molecule has 1 aliphatic rings. The van der Waals surface area contributed by atoms with Gasteiger partial charge in [0.05, 0.1) is 11.1 Å². The molecule has 3 heteroatoms. The number of hydrogen-bond acceptors (Lipinski definition) is 2. The third-order valence-corrected chi connectivity index (χ3v) is 4.02. The second-order valence-electron chi connectivity index (χ2n) is 5.61. The van der Waals surface area contributed by atoms with E-state index in [2.05, 4.69) is 6.92 Å². The van der Waals surface area contributed by atoms with Crippen LogP contribution in [0.25, 0.3) is 5.70 Å². The first kappa shape index (κ1) is 15.2. The van der Waals surface area contributed by atoms with E-state index in [0.717, 1.165) is 24.0 Å². The summed E-state index contributed by atoms with van der Waals surface area (Å²) >= 11 is 0. The van der Waals surface area contributed by atoms with Gasteiger partial charge in [-0.15, -0.1) is 0 Å². The third-order valence-electron chi connectivity index (χ3n) is 4.02. The summed E-state index contributed by atoms with van der Waals surface area (Å²) in [5, 5.41) is 10.5. The van der Waals surface area contributed by atoms with Crippen molar-refractivity contribution >= 4 is 17.2 Å². The van der Waals surface area contributed by atoms with E-state index in [1.54, 1.807) is 0 Å². The van der Waals surface area contributed by atoms with Crippen LogP contribution < -0.4 is 0 Å². The summed E-state index contributed by atoms with van der Waals surface area (Å²) in [4.78, 5) is 12.7. The van der Waals surface area contributed by atoms with Gasteiger partial charge in [-0.2, -0.15) is 4.58 Å². The van der Waals surface area contributed by atoms with Crippen LogP contribution >= 0.6 is 0 Å². The zero-order valence-electron chi connectivity index (χ0n) is 13.2. The Morgan fingerprint density at radius 3 is 2.04 bits per heavy atom. The molecule has 0 atom stereocenters.